The van der Waals surface area contributed by atoms with Gasteiger partial charge >= 0.3 is 6.03 Å². The topological polar surface area (TPSA) is 117 Å². The van der Waals surface area contributed by atoms with Gasteiger partial charge in [0.1, 0.15) is 17.8 Å². The number of carbonyl (C=O) groups excluding carboxylic acids is 4. The van der Waals surface area contributed by atoms with E-state index in [-0.39, 0.29) is 24.3 Å². The zero-order valence-electron chi connectivity index (χ0n) is 19.9. The molecule has 3 N–H and O–H groups in total. The number of ether oxygens (including phenoxy) is 1. The number of benzene rings is 2. The summed E-state index contributed by atoms with van der Waals surface area (Å²) in [6.45, 7) is 4.07. The van der Waals surface area contributed by atoms with E-state index in [0.717, 1.165) is 29.9 Å². The van der Waals surface area contributed by atoms with Crippen molar-refractivity contribution in [2.75, 3.05) is 23.8 Å². The molecule has 2 atom stereocenters. The summed E-state index contributed by atoms with van der Waals surface area (Å²) in [7, 11) is 0. The van der Waals surface area contributed by atoms with Crippen LogP contribution in [0.5, 0.6) is 5.75 Å². The van der Waals surface area contributed by atoms with Gasteiger partial charge < -0.3 is 20.7 Å². The first kappa shape index (κ1) is 24.3. The van der Waals surface area contributed by atoms with Crippen molar-refractivity contribution in [1.29, 1.82) is 0 Å². The van der Waals surface area contributed by atoms with Gasteiger partial charge in [0, 0.05) is 16.9 Å². The molecular formula is C26H30N4O5. The fourth-order valence-corrected chi connectivity index (χ4v) is 4.69. The Kier molecular flexibility index (Phi) is 7.04. The number of hydrogen-bond acceptors (Lipinski definition) is 5. The molecule has 2 aliphatic rings. The molecular weight excluding hydrogens is 448 g/mol. The number of carbonyl (C=O) groups is 4. The fraction of sp³-hybridized carbons (Fsp3) is 0.385. The third-order valence-electron chi connectivity index (χ3n) is 6.66. The maximum Gasteiger partial charge on any atom is 0.325 e. The Bertz CT molecular complexity index is 1120. The Morgan fingerprint density at radius 2 is 1.69 bits per heavy atom. The van der Waals surface area contributed by atoms with E-state index >= 15 is 0 Å². The van der Waals surface area contributed by atoms with Crippen molar-refractivity contribution >= 4 is 35.1 Å². The molecule has 0 bridgehead atoms. The molecule has 0 aromatic heterocycles. The first-order chi connectivity index (χ1) is 16.8. The van der Waals surface area contributed by atoms with Crippen LogP contribution in [0.25, 0.3) is 0 Å². The quantitative estimate of drug-likeness (QED) is 0.524. The lowest BCUT2D eigenvalue weighted by Crippen LogP contribution is -2.54. The predicted molar refractivity (Wildman–Crippen MR) is 131 cm³/mol. The van der Waals surface area contributed by atoms with E-state index in [1.54, 1.807) is 48.5 Å². The Balaban J connectivity index is 1.33. The van der Waals surface area contributed by atoms with Crippen LogP contribution >= 0.6 is 0 Å². The molecule has 9 heteroatoms. The molecule has 2 fully saturated rings. The molecule has 1 saturated carbocycles. The molecule has 0 unspecified atom stereocenters. The van der Waals surface area contributed by atoms with Gasteiger partial charge in [0.15, 0.2) is 0 Å². The highest BCUT2D eigenvalue weighted by molar-refractivity contribution is 6.10. The van der Waals surface area contributed by atoms with Gasteiger partial charge in [-0.15, -0.1) is 0 Å². The van der Waals surface area contributed by atoms with E-state index in [4.69, 9.17) is 4.74 Å². The number of imide groups is 1. The molecule has 2 aromatic carbocycles. The maximum atomic E-state index is 13.0. The Hall–Kier alpha value is -3.88. The Morgan fingerprint density at radius 3 is 2.34 bits per heavy atom. The first-order valence-corrected chi connectivity index (χ1v) is 11.9. The van der Waals surface area contributed by atoms with Gasteiger partial charge in [0.05, 0.1) is 6.61 Å². The molecule has 184 valence electrons. The number of amides is 5. The minimum absolute atomic E-state index is 0.0297. The summed E-state index contributed by atoms with van der Waals surface area (Å²) in [6.07, 6.45) is 3.36. The molecule has 1 heterocycles. The minimum atomic E-state index is -0.895. The zero-order valence-corrected chi connectivity index (χ0v) is 19.9. The molecule has 35 heavy (non-hydrogen) atoms. The number of anilines is 2. The summed E-state index contributed by atoms with van der Waals surface area (Å²) < 4.78 is 5.39. The van der Waals surface area contributed by atoms with Crippen LogP contribution in [0.2, 0.25) is 0 Å². The monoisotopic (exact) mass is 478 g/mol. The van der Waals surface area contributed by atoms with E-state index in [2.05, 4.69) is 16.0 Å². The summed E-state index contributed by atoms with van der Waals surface area (Å²) >= 11 is 0. The number of rotatable bonds is 7. The molecule has 9 nitrogen and oxygen atoms in total. The van der Waals surface area contributed by atoms with Gasteiger partial charge in [-0.3, -0.25) is 19.3 Å². The molecule has 5 amide bonds. The van der Waals surface area contributed by atoms with E-state index in [1.807, 2.05) is 13.8 Å². The normalized spacial score (nSPS) is 21.5. The van der Waals surface area contributed by atoms with Crippen LogP contribution in [0.1, 0.15) is 49.9 Å². The van der Waals surface area contributed by atoms with Crippen LogP contribution in [0, 0.1) is 5.92 Å². The summed E-state index contributed by atoms with van der Waals surface area (Å²) in [5.41, 5.74) is 0.614. The highest BCUT2D eigenvalue weighted by Gasteiger charge is 2.55. The second-order valence-electron chi connectivity index (χ2n) is 8.98. The van der Waals surface area contributed by atoms with Crippen molar-refractivity contribution in [3.63, 3.8) is 0 Å². The van der Waals surface area contributed by atoms with Gasteiger partial charge in [-0.05, 0) is 74.2 Å². The SMILES string of the molecule is CCOc1ccc(NC(=O)c2ccc(NC(=O)CN3C(=O)N[C@@]4(CCCC[C@@H]4C)C3=O)cc2)cc1. The van der Waals surface area contributed by atoms with Crippen molar-refractivity contribution in [3.8, 4) is 5.75 Å². The van der Waals surface area contributed by atoms with E-state index in [9.17, 15) is 19.2 Å². The lowest BCUT2D eigenvalue weighted by molar-refractivity contribution is -0.136. The highest BCUT2D eigenvalue weighted by Crippen LogP contribution is 2.38. The van der Waals surface area contributed by atoms with Crippen LogP contribution < -0.4 is 20.7 Å². The average Bonchev–Trinajstić information content (AvgIpc) is 3.07. The number of urea groups is 1. The van der Waals surface area contributed by atoms with E-state index < -0.39 is 17.5 Å². The first-order valence-electron chi connectivity index (χ1n) is 11.9. The molecule has 1 aliphatic carbocycles. The van der Waals surface area contributed by atoms with Gasteiger partial charge in [-0.25, -0.2) is 4.79 Å². The summed E-state index contributed by atoms with van der Waals surface area (Å²) in [4.78, 5) is 51.6. The minimum Gasteiger partial charge on any atom is -0.494 e. The van der Waals surface area contributed by atoms with Gasteiger partial charge in [0.25, 0.3) is 11.8 Å². The lowest BCUT2D eigenvalue weighted by atomic mass is 9.73. The van der Waals surface area contributed by atoms with E-state index in [1.165, 1.54) is 0 Å². The van der Waals surface area contributed by atoms with Crippen LogP contribution in [0.3, 0.4) is 0 Å². The van der Waals surface area contributed by atoms with Gasteiger partial charge in [-0.2, -0.15) is 0 Å². The summed E-state index contributed by atoms with van der Waals surface area (Å²) in [5.74, 6) is -0.353. The largest absolute Gasteiger partial charge is 0.494 e. The smallest absolute Gasteiger partial charge is 0.325 e. The molecule has 2 aromatic rings. The van der Waals surface area contributed by atoms with E-state index in [0.29, 0.717) is 30.0 Å². The summed E-state index contributed by atoms with van der Waals surface area (Å²) in [5, 5.41) is 8.34. The second kappa shape index (κ2) is 10.2. The molecule has 4 rings (SSSR count). The Morgan fingerprint density at radius 1 is 1.03 bits per heavy atom. The highest BCUT2D eigenvalue weighted by atomic mass is 16.5. The number of nitrogens with one attached hydrogen (secondary N) is 3. The van der Waals surface area contributed by atoms with Gasteiger partial charge in [0.2, 0.25) is 5.91 Å². The van der Waals surface area contributed by atoms with Crippen molar-refractivity contribution in [2.45, 2.75) is 45.1 Å². The van der Waals surface area contributed by atoms with Crippen LogP contribution in [-0.2, 0) is 9.59 Å². The van der Waals surface area contributed by atoms with Crippen molar-refractivity contribution in [2.24, 2.45) is 5.92 Å². The lowest BCUT2D eigenvalue weighted by Gasteiger charge is -2.36. The fourth-order valence-electron chi connectivity index (χ4n) is 4.69. The molecule has 1 aliphatic heterocycles. The molecule has 1 spiro atoms. The summed E-state index contributed by atoms with van der Waals surface area (Å²) in [6, 6.07) is 12.9. The van der Waals surface area contributed by atoms with Crippen molar-refractivity contribution in [1.82, 2.24) is 10.2 Å². The van der Waals surface area contributed by atoms with Crippen molar-refractivity contribution < 1.29 is 23.9 Å². The Labute approximate surface area is 204 Å². The third kappa shape index (κ3) is 5.13. The molecule has 0 radical (unpaired) electrons. The van der Waals surface area contributed by atoms with Crippen molar-refractivity contribution in [3.05, 3.63) is 54.1 Å². The van der Waals surface area contributed by atoms with Crippen LogP contribution in [0.15, 0.2) is 48.5 Å². The number of hydrogen-bond donors (Lipinski definition) is 3. The molecule has 1 saturated heterocycles. The third-order valence-corrected chi connectivity index (χ3v) is 6.66. The average molecular weight is 479 g/mol. The second-order valence-corrected chi connectivity index (χ2v) is 8.98. The van der Waals surface area contributed by atoms with Crippen LogP contribution in [0.4, 0.5) is 16.2 Å². The van der Waals surface area contributed by atoms with Crippen LogP contribution in [-0.4, -0.2) is 47.3 Å². The standard InChI is InChI=1S/C26H30N4O5/c1-3-35-21-13-11-20(12-14-21)28-23(32)18-7-9-19(10-8-18)27-22(31)16-30-24(33)26(29-25(30)34)15-5-4-6-17(26)2/h7-14,17H,3-6,15-16H2,1-2H3,(H,27,31)(H,28,32)(H,29,34)/t17-,26+/m0/s1. The van der Waals surface area contributed by atoms with Gasteiger partial charge in [-0.1, -0.05) is 19.8 Å². The number of nitrogens with zero attached hydrogens (tertiary/aromatic N) is 1. The zero-order chi connectivity index (χ0) is 25.0. The maximum absolute atomic E-state index is 13.0. The predicted octanol–water partition coefficient (Wildman–Crippen LogP) is 3.78.